The maximum Gasteiger partial charge on any atom is 0.0683 e. The Morgan fingerprint density at radius 1 is 1.38 bits per heavy atom. The lowest BCUT2D eigenvalue weighted by Crippen LogP contribution is -2.42. The summed E-state index contributed by atoms with van der Waals surface area (Å²) in [6, 6.07) is 3.03. The Morgan fingerprint density at radius 3 is 2.50 bits per heavy atom. The maximum atomic E-state index is 9.02. The Labute approximate surface area is 99.1 Å². The van der Waals surface area contributed by atoms with Crippen molar-refractivity contribution >= 4 is 0 Å². The van der Waals surface area contributed by atoms with E-state index in [0.29, 0.717) is 6.04 Å². The molecule has 0 bridgehead atoms. The number of aliphatic hydroxyl groups is 1. The number of nitrogens with zero attached hydrogens (tertiary/aromatic N) is 2. The van der Waals surface area contributed by atoms with Gasteiger partial charge in [-0.1, -0.05) is 6.42 Å². The van der Waals surface area contributed by atoms with E-state index in [0.717, 1.165) is 25.9 Å². The van der Waals surface area contributed by atoms with Gasteiger partial charge in [-0.2, -0.15) is 5.26 Å². The normalized spacial score (nSPS) is 17.2. The molecule has 0 aliphatic heterocycles. The van der Waals surface area contributed by atoms with Crippen LogP contribution in [-0.4, -0.2) is 35.7 Å². The summed E-state index contributed by atoms with van der Waals surface area (Å²) >= 11 is 0. The van der Waals surface area contributed by atoms with E-state index < -0.39 is 0 Å². The molecule has 0 atom stereocenters. The van der Waals surface area contributed by atoms with Crippen LogP contribution in [0.5, 0.6) is 0 Å². The van der Waals surface area contributed by atoms with Gasteiger partial charge >= 0.3 is 0 Å². The molecule has 92 valence electrons. The molecule has 0 heterocycles. The minimum Gasteiger partial charge on any atom is -0.395 e. The van der Waals surface area contributed by atoms with Gasteiger partial charge in [0.15, 0.2) is 0 Å². The van der Waals surface area contributed by atoms with Crippen LogP contribution in [-0.2, 0) is 0 Å². The highest BCUT2D eigenvalue weighted by Crippen LogP contribution is 2.26. The predicted octanol–water partition coefficient (Wildman–Crippen LogP) is 2.16. The molecule has 1 aliphatic rings. The lowest BCUT2D eigenvalue weighted by atomic mass is 9.88. The third-order valence-corrected chi connectivity index (χ3v) is 3.53. The Bertz CT molecular complexity index is 241. The number of hydrogen-bond acceptors (Lipinski definition) is 3. The van der Waals surface area contributed by atoms with Crippen LogP contribution in [0.15, 0.2) is 0 Å². The number of hydrogen-bond donors (Lipinski definition) is 1. The first-order chi connectivity index (χ1) is 7.59. The average molecular weight is 224 g/mol. The van der Waals surface area contributed by atoms with Gasteiger partial charge in [0, 0.05) is 12.6 Å². The zero-order valence-corrected chi connectivity index (χ0v) is 10.6. The van der Waals surface area contributed by atoms with Crippen LogP contribution in [0.3, 0.4) is 0 Å². The molecule has 0 radical (unpaired) electrons. The molecule has 0 saturated heterocycles. The monoisotopic (exact) mass is 224 g/mol. The van der Waals surface area contributed by atoms with Gasteiger partial charge in [-0.05, 0) is 46.1 Å². The SMILES string of the molecule is CC(C)(C#N)CCCN(CCO)C1CCC1. The van der Waals surface area contributed by atoms with Gasteiger partial charge in [0.25, 0.3) is 0 Å². The van der Waals surface area contributed by atoms with E-state index in [-0.39, 0.29) is 12.0 Å². The van der Waals surface area contributed by atoms with Crippen LogP contribution in [0.1, 0.15) is 46.0 Å². The molecule has 16 heavy (non-hydrogen) atoms. The van der Waals surface area contributed by atoms with Gasteiger partial charge in [0.1, 0.15) is 0 Å². The van der Waals surface area contributed by atoms with E-state index in [4.69, 9.17) is 10.4 Å². The van der Waals surface area contributed by atoms with Crippen molar-refractivity contribution in [2.75, 3.05) is 19.7 Å². The second-order valence-electron chi connectivity index (χ2n) is 5.44. The summed E-state index contributed by atoms with van der Waals surface area (Å²) in [4.78, 5) is 2.39. The zero-order chi connectivity index (χ0) is 12.0. The van der Waals surface area contributed by atoms with E-state index in [1.165, 1.54) is 19.3 Å². The first-order valence-electron chi connectivity index (χ1n) is 6.35. The van der Waals surface area contributed by atoms with Gasteiger partial charge < -0.3 is 5.11 Å². The van der Waals surface area contributed by atoms with Crippen molar-refractivity contribution < 1.29 is 5.11 Å². The summed E-state index contributed by atoms with van der Waals surface area (Å²) in [5.41, 5.74) is -0.204. The van der Waals surface area contributed by atoms with Gasteiger partial charge in [0.2, 0.25) is 0 Å². The third-order valence-electron chi connectivity index (χ3n) is 3.53. The van der Waals surface area contributed by atoms with Crippen LogP contribution in [0.25, 0.3) is 0 Å². The summed E-state index contributed by atoms with van der Waals surface area (Å²) in [6.07, 6.45) is 5.88. The number of nitriles is 1. The summed E-state index contributed by atoms with van der Waals surface area (Å²) in [6.45, 7) is 6.05. The lowest BCUT2D eigenvalue weighted by Gasteiger charge is -2.37. The molecular formula is C13H24N2O. The summed E-state index contributed by atoms with van der Waals surface area (Å²) in [7, 11) is 0. The van der Waals surface area contributed by atoms with Gasteiger partial charge in [-0.3, -0.25) is 4.90 Å². The van der Waals surface area contributed by atoms with Crippen LogP contribution in [0.2, 0.25) is 0 Å². The van der Waals surface area contributed by atoms with Gasteiger partial charge in [-0.15, -0.1) is 0 Å². The molecule has 0 aromatic rings. The largest absolute Gasteiger partial charge is 0.395 e. The van der Waals surface area contributed by atoms with E-state index >= 15 is 0 Å². The molecule has 0 aromatic carbocycles. The molecule has 0 amide bonds. The van der Waals surface area contributed by atoms with Crippen molar-refractivity contribution in [2.24, 2.45) is 5.41 Å². The summed E-state index contributed by atoms with van der Waals surface area (Å²) in [5, 5.41) is 17.9. The average Bonchev–Trinajstić information content (AvgIpc) is 2.15. The van der Waals surface area contributed by atoms with Crippen molar-refractivity contribution in [1.29, 1.82) is 5.26 Å². The summed E-state index contributed by atoms with van der Waals surface area (Å²) < 4.78 is 0. The second kappa shape index (κ2) is 6.22. The number of aliphatic hydroxyl groups excluding tert-OH is 1. The van der Waals surface area contributed by atoms with Crippen LogP contribution in [0, 0.1) is 16.7 Å². The quantitative estimate of drug-likeness (QED) is 0.721. The zero-order valence-electron chi connectivity index (χ0n) is 10.6. The second-order valence-corrected chi connectivity index (χ2v) is 5.44. The van der Waals surface area contributed by atoms with E-state index in [2.05, 4.69) is 11.0 Å². The molecule has 1 aliphatic carbocycles. The molecule has 0 unspecified atom stereocenters. The third kappa shape index (κ3) is 4.11. The molecule has 0 aromatic heterocycles. The Balaban J connectivity index is 2.25. The molecule has 3 nitrogen and oxygen atoms in total. The maximum absolute atomic E-state index is 9.02. The highest BCUT2D eigenvalue weighted by molar-refractivity contribution is 4.91. The van der Waals surface area contributed by atoms with Crippen molar-refractivity contribution in [3.05, 3.63) is 0 Å². The Kier molecular flexibility index (Phi) is 5.24. The standard InChI is InChI=1S/C13H24N2O/c1-13(2,11-14)7-4-8-15(9-10-16)12-5-3-6-12/h12,16H,3-10H2,1-2H3. The summed E-state index contributed by atoms with van der Waals surface area (Å²) in [5.74, 6) is 0. The van der Waals surface area contributed by atoms with E-state index in [1.54, 1.807) is 0 Å². The Hall–Kier alpha value is -0.590. The van der Waals surface area contributed by atoms with Gasteiger partial charge in [0.05, 0.1) is 18.1 Å². The van der Waals surface area contributed by atoms with Crippen molar-refractivity contribution in [1.82, 2.24) is 4.90 Å². The Morgan fingerprint density at radius 2 is 2.06 bits per heavy atom. The molecule has 3 heteroatoms. The molecule has 1 fully saturated rings. The topological polar surface area (TPSA) is 47.3 Å². The number of rotatable bonds is 7. The van der Waals surface area contributed by atoms with E-state index in [9.17, 15) is 0 Å². The smallest absolute Gasteiger partial charge is 0.0683 e. The fourth-order valence-electron chi connectivity index (χ4n) is 2.14. The predicted molar refractivity (Wildman–Crippen MR) is 64.9 cm³/mol. The van der Waals surface area contributed by atoms with E-state index in [1.807, 2.05) is 13.8 Å². The fraction of sp³-hybridized carbons (Fsp3) is 0.923. The van der Waals surface area contributed by atoms with Gasteiger partial charge in [-0.25, -0.2) is 0 Å². The minimum absolute atomic E-state index is 0.204. The highest BCUT2D eigenvalue weighted by atomic mass is 16.3. The minimum atomic E-state index is -0.204. The van der Waals surface area contributed by atoms with Crippen molar-refractivity contribution in [2.45, 2.75) is 52.0 Å². The first kappa shape index (κ1) is 13.5. The van der Waals surface area contributed by atoms with Crippen LogP contribution in [0.4, 0.5) is 0 Å². The fourth-order valence-corrected chi connectivity index (χ4v) is 2.14. The molecular weight excluding hydrogens is 200 g/mol. The first-order valence-corrected chi connectivity index (χ1v) is 6.35. The highest BCUT2D eigenvalue weighted by Gasteiger charge is 2.25. The molecule has 1 rings (SSSR count). The molecule has 1 N–H and O–H groups in total. The molecule has 1 saturated carbocycles. The van der Waals surface area contributed by atoms with Crippen molar-refractivity contribution in [3.8, 4) is 6.07 Å². The lowest BCUT2D eigenvalue weighted by molar-refractivity contribution is 0.0975. The van der Waals surface area contributed by atoms with Crippen molar-refractivity contribution in [3.63, 3.8) is 0 Å². The van der Waals surface area contributed by atoms with Crippen LogP contribution >= 0.6 is 0 Å². The molecule has 0 spiro atoms. The van der Waals surface area contributed by atoms with Crippen LogP contribution < -0.4 is 0 Å².